The second-order valence-corrected chi connectivity index (χ2v) is 4.58. The van der Waals surface area contributed by atoms with Gasteiger partial charge < -0.3 is 10.4 Å². The van der Waals surface area contributed by atoms with Gasteiger partial charge in [-0.1, -0.05) is 12.1 Å². The van der Waals surface area contributed by atoms with E-state index in [1.165, 1.54) is 6.07 Å². The number of benzene rings is 1. The number of phenols is 1. The van der Waals surface area contributed by atoms with Gasteiger partial charge in [-0.05, 0) is 31.7 Å². The zero-order valence-corrected chi connectivity index (χ0v) is 11.2. The minimum atomic E-state index is -4.41. The molecule has 4 nitrogen and oxygen atoms in total. The summed E-state index contributed by atoms with van der Waals surface area (Å²) in [4.78, 5) is 13.0. The van der Waals surface area contributed by atoms with Crippen molar-refractivity contribution in [3.05, 3.63) is 29.8 Å². The Bertz CT molecular complexity index is 463. The van der Waals surface area contributed by atoms with Gasteiger partial charge in [0.25, 0.3) is 0 Å². The molecule has 0 radical (unpaired) electrons. The lowest BCUT2D eigenvalue weighted by molar-refractivity contribution is -0.139. The van der Waals surface area contributed by atoms with Gasteiger partial charge in [0.1, 0.15) is 12.3 Å². The smallest absolute Gasteiger partial charge is 0.405 e. The van der Waals surface area contributed by atoms with Crippen LogP contribution in [-0.4, -0.2) is 42.2 Å². The summed E-state index contributed by atoms with van der Waals surface area (Å²) in [6.07, 6.45) is -4.41. The SMILES string of the molecule is C[C@@H](c1cccc(O)c1)N(C)CC(=O)NCC(F)(F)F. The number of alkyl halides is 3. The molecule has 0 fully saturated rings. The van der Waals surface area contributed by atoms with Crippen molar-refractivity contribution in [2.24, 2.45) is 0 Å². The molecule has 1 aromatic carbocycles. The van der Waals surface area contributed by atoms with E-state index in [1.807, 2.05) is 5.32 Å². The molecule has 0 unspecified atom stereocenters. The van der Waals surface area contributed by atoms with Gasteiger partial charge in [-0.25, -0.2) is 0 Å². The second kappa shape index (κ2) is 6.60. The molecular weight excluding hydrogens is 273 g/mol. The largest absolute Gasteiger partial charge is 0.508 e. The fourth-order valence-corrected chi connectivity index (χ4v) is 1.66. The van der Waals surface area contributed by atoms with Crippen molar-refractivity contribution >= 4 is 5.91 Å². The Morgan fingerprint density at radius 3 is 2.65 bits per heavy atom. The quantitative estimate of drug-likeness (QED) is 0.873. The highest BCUT2D eigenvalue weighted by Crippen LogP contribution is 2.22. The van der Waals surface area contributed by atoms with E-state index in [2.05, 4.69) is 0 Å². The minimum Gasteiger partial charge on any atom is -0.508 e. The number of aromatic hydroxyl groups is 1. The average Bonchev–Trinajstić information content (AvgIpc) is 2.34. The summed E-state index contributed by atoms with van der Waals surface area (Å²) in [5.41, 5.74) is 0.774. The molecule has 1 amide bonds. The van der Waals surface area contributed by atoms with Gasteiger partial charge in [0.2, 0.25) is 5.91 Å². The third-order valence-corrected chi connectivity index (χ3v) is 2.89. The summed E-state index contributed by atoms with van der Waals surface area (Å²) in [6.45, 7) is 0.304. The number of phenolic OH excluding ortho intramolecular Hbond substituents is 1. The normalized spacial score (nSPS) is 13.3. The first-order valence-corrected chi connectivity index (χ1v) is 6.01. The topological polar surface area (TPSA) is 52.6 Å². The molecule has 1 rings (SSSR count). The maximum Gasteiger partial charge on any atom is 0.405 e. The first-order valence-electron chi connectivity index (χ1n) is 6.01. The molecule has 0 aliphatic rings. The third-order valence-electron chi connectivity index (χ3n) is 2.89. The van der Waals surface area contributed by atoms with E-state index in [0.29, 0.717) is 0 Å². The van der Waals surface area contributed by atoms with Gasteiger partial charge in [0.05, 0.1) is 6.54 Å². The van der Waals surface area contributed by atoms with Gasteiger partial charge in [0.15, 0.2) is 0 Å². The summed E-state index contributed by atoms with van der Waals surface area (Å²) < 4.78 is 35.9. The number of nitrogens with zero attached hydrogens (tertiary/aromatic N) is 1. The molecule has 7 heteroatoms. The lowest BCUT2D eigenvalue weighted by atomic mass is 10.1. The van der Waals surface area contributed by atoms with Gasteiger partial charge >= 0.3 is 6.18 Å². The standard InChI is InChI=1S/C13H17F3N2O2/c1-9(10-4-3-5-11(19)6-10)18(2)7-12(20)17-8-13(14,15)16/h3-6,9,19H,7-8H2,1-2H3,(H,17,20)/t9-/m0/s1. The number of carbonyl (C=O) groups is 1. The van der Waals surface area contributed by atoms with E-state index in [1.54, 1.807) is 37.1 Å². The van der Waals surface area contributed by atoms with Crippen molar-refractivity contribution in [3.63, 3.8) is 0 Å². The number of halogens is 3. The fraction of sp³-hybridized carbons (Fsp3) is 0.462. The van der Waals surface area contributed by atoms with Gasteiger partial charge in [0, 0.05) is 6.04 Å². The molecule has 20 heavy (non-hydrogen) atoms. The molecule has 1 aromatic rings. The van der Waals surface area contributed by atoms with Crippen molar-refractivity contribution in [1.82, 2.24) is 10.2 Å². The maximum atomic E-state index is 12.0. The molecule has 2 N–H and O–H groups in total. The molecule has 1 atom stereocenters. The summed E-state index contributed by atoms with van der Waals surface area (Å²) in [5.74, 6) is -0.596. The van der Waals surface area contributed by atoms with Gasteiger partial charge in [-0.2, -0.15) is 13.2 Å². The Morgan fingerprint density at radius 2 is 2.10 bits per heavy atom. The van der Waals surface area contributed by atoms with E-state index in [4.69, 9.17) is 0 Å². The van der Waals surface area contributed by atoms with E-state index < -0.39 is 18.6 Å². The van der Waals surface area contributed by atoms with Crippen LogP contribution in [0.1, 0.15) is 18.5 Å². The van der Waals surface area contributed by atoms with Crippen LogP contribution in [0.3, 0.4) is 0 Å². The Labute approximate surface area is 115 Å². The predicted octanol–water partition coefficient (Wildman–Crippen LogP) is 2.06. The lowest BCUT2D eigenvalue weighted by Crippen LogP contribution is -2.40. The Morgan fingerprint density at radius 1 is 1.45 bits per heavy atom. The Kier molecular flexibility index (Phi) is 5.38. The molecule has 0 saturated heterocycles. The number of carbonyl (C=O) groups excluding carboxylic acids is 1. The van der Waals surface area contributed by atoms with E-state index in [0.717, 1.165) is 5.56 Å². The molecule has 0 aliphatic heterocycles. The van der Waals surface area contributed by atoms with Crippen LogP contribution in [0.15, 0.2) is 24.3 Å². The van der Waals surface area contributed by atoms with Gasteiger partial charge in [-0.15, -0.1) is 0 Å². The molecule has 0 aliphatic carbocycles. The van der Waals surface area contributed by atoms with Crippen LogP contribution in [0.5, 0.6) is 5.75 Å². The van der Waals surface area contributed by atoms with Crippen LogP contribution in [0.4, 0.5) is 13.2 Å². The van der Waals surface area contributed by atoms with Crippen molar-refractivity contribution in [1.29, 1.82) is 0 Å². The molecule has 112 valence electrons. The predicted molar refractivity (Wildman–Crippen MR) is 68.2 cm³/mol. The van der Waals surface area contributed by atoms with Crippen LogP contribution in [0.2, 0.25) is 0 Å². The first-order chi connectivity index (χ1) is 9.19. The molecular formula is C13H17F3N2O2. The van der Waals surface area contributed by atoms with E-state index >= 15 is 0 Å². The molecule has 0 saturated carbocycles. The van der Waals surface area contributed by atoms with Crippen molar-refractivity contribution < 1.29 is 23.1 Å². The zero-order valence-electron chi connectivity index (χ0n) is 11.2. The molecule has 0 spiro atoms. The summed E-state index contributed by atoms with van der Waals surface area (Å²) in [7, 11) is 1.63. The second-order valence-electron chi connectivity index (χ2n) is 4.58. The van der Waals surface area contributed by atoms with Crippen molar-refractivity contribution in [2.75, 3.05) is 20.1 Å². The molecule has 0 aromatic heterocycles. The maximum absolute atomic E-state index is 12.0. The van der Waals surface area contributed by atoms with Crippen LogP contribution in [-0.2, 0) is 4.79 Å². The van der Waals surface area contributed by atoms with Gasteiger partial charge in [-0.3, -0.25) is 9.69 Å². The number of amides is 1. The highest BCUT2D eigenvalue weighted by atomic mass is 19.4. The fourth-order valence-electron chi connectivity index (χ4n) is 1.66. The van der Waals surface area contributed by atoms with Crippen molar-refractivity contribution in [3.8, 4) is 5.75 Å². The minimum absolute atomic E-state index is 0.101. The first kappa shape index (κ1) is 16.3. The summed E-state index contributed by atoms with van der Waals surface area (Å²) >= 11 is 0. The van der Waals surface area contributed by atoms with Crippen LogP contribution >= 0.6 is 0 Å². The summed E-state index contributed by atoms with van der Waals surface area (Å²) in [6, 6.07) is 6.30. The Balaban J connectivity index is 2.53. The number of nitrogens with one attached hydrogen (secondary N) is 1. The number of rotatable bonds is 5. The van der Waals surface area contributed by atoms with E-state index in [9.17, 15) is 23.1 Å². The lowest BCUT2D eigenvalue weighted by Gasteiger charge is -2.24. The number of likely N-dealkylation sites (N-methyl/N-ethyl adjacent to an activating group) is 1. The summed E-state index contributed by atoms with van der Waals surface area (Å²) in [5, 5.41) is 11.2. The number of hydrogen-bond acceptors (Lipinski definition) is 3. The third kappa shape index (κ3) is 5.48. The molecule has 0 bridgehead atoms. The van der Waals surface area contributed by atoms with E-state index in [-0.39, 0.29) is 18.3 Å². The zero-order chi connectivity index (χ0) is 15.3. The number of hydrogen-bond donors (Lipinski definition) is 2. The highest BCUT2D eigenvalue weighted by molar-refractivity contribution is 5.78. The Hall–Kier alpha value is -1.76. The van der Waals surface area contributed by atoms with Crippen molar-refractivity contribution in [2.45, 2.75) is 19.1 Å². The average molecular weight is 290 g/mol. The molecule has 0 heterocycles. The van der Waals surface area contributed by atoms with Crippen LogP contribution in [0.25, 0.3) is 0 Å². The van der Waals surface area contributed by atoms with Crippen LogP contribution in [0, 0.1) is 0 Å². The highest BCUT2D eigenvalue weighted by Gasteiger charge is 2.28. The van der Waals surface area contributed by atoms with Crippen LogP contribution < -0.4 is 5.32 Å². The monoisotopic (exact) mass is 290 g/mol.